The van der Waals surface area contributed by atoms with Crippen molar-refractivity contribution in [1.29, 1.82) is 0 Å². The maximum atomic E-state index is 13.1. The number of carbonyl (C=O) groups is 1. The third-order valence-electron chi connectivity index (χ3n) is 2.51. The van der Waals surface area contributed by atoms with Crippen molar-refractivity contribution >= 4 is 12.0 Å². The first-order valence-electron chi connectivity index (χ1n) is 5.49. The Balaban J connectivity index is 2.25. The van der Waals surface area contributed by atoms with E-state index in [1.807, 2.05) is 30.3 Å². The van der Waals surface area contributed by atoms with Crippen LogP contribution >= 0.6 is 0 Å². The molecule has 0 saturated heterocycles. The molecular formula is C15H12FNO. The molecule has 2 nitrogen and oxygen atoms in total. The molecule has 0 spiro atoms. The first-order chi connectivity index (χ1) is 8.65. The highest BCUT2D eigenvalue weighted by Gasteiger charge is 1.98. The van der Waals surface area contributed by atoms with E-state index in [2.05, 4.69) is 0 Å². The van der Waals surface area contributed by atoms with E-state index in [9.17, 15) is 9.18 Å². The van der Waals surface area contributed by atoms with Crippen LogP contribution in [0.2, 0.25) is 0 Å². The van der Waals surface area contributed by atoms with E-state index in [1.54, 1.807) is 12.1 Å². The van der Waals surface area contributed by atoms with Crippen molar-refractivity contribution < 1.29 is 9.18 Å². The van der Waals surface area contributed by atoms with Gasteiger partial charge in [0.1, 0.15) is 5.82 Å². The number of rotatable bonds is 3. The van der Waals surface area contributed by atoms with Gasteiger partial charge in [-0.15, -0.1) is 0 Å². The highest BCUT2D eigenvalue weighted by Crippen LogP contribution is 2.20. The van der Waals surface area contributed by atoms with Gasteiger partial charge in [-0.2, -0.15) is 0 Å². The van der Waals surface area contributed by atoms with Crippen molar-refractivity contribution in [2.24, 2.45) is 5.73 Å². The summed E-state index contributed by atoms with van der Waals surface area (Å²) >= 11 is 0. The van der Waals surface area contributed by atoms with Gasteiger partial charge in [0.2, 0.25) is 5.91 Å². The van der Waals surface area contributed by atoms with Gasteiger partial charge in [-0.1, -0.05) is 36.4 Å². The molecule has 0 aliphatic heterocycles. The van der Waals surface area contributed by atoms with E-state index in [-0.39, 0.29) is 5.82 Å². The molecule has 0 aliphatic rings. The molecule has 18 heavy (non-hydrogen) atoms. The molecule has 3 heteroatoms. The zero-order valence-electron chi connectivity index (χ0n) is 9.64. The smallest absolute Gasteiger partial charge is 0.241 e. The molecule has 0 aromatic heterocycles. The van der Waals surface area contributed by atoms with Crippen molar-refractivity contribution in [3.05, 3.63) is 66.0 Å². The topological polar surface area (TPSA) is 43.1 Å². The number of carbonyl (C=O) groups excluding carboxylic acids is 1. The average Bonchev–Trinajstić information content (AvgIpc) is 2.37. The van der Waals surface area contributed by atoms with Crippen LogP contribution in [0.5, 0.6) is 0 Å². The van der Waals surface area contributed by atoms with E-state index in [0.717, 1.165) is 16.7 Å². The number of nitrogens with two attached hydrogens (primary N) is 1. The van der Waals surface area contributed by atoms with Gasteiger partial charge in [0.05, 0.1) is 0 Å². The van der Waals surface area contributed by atoms with E-state index in [4.69, 9.17) is 5.73 Å². The van der Waals surface area contributed by atoms with Crippen molar-refractivity contribution in [3.63, 3.8) is 0 Å². The van der Waals surface area contributed by atoms with Crippen LogP contribution in [0, 0.1) is 5.82 Å². The van der Waals surface area contributed by atoms with Crippen LogP contribution in [0.1, 0.15) is 5.56 Å². The summed E-state index contributed by atoms with van der Waals surface area (Å²) in [5.74, 6) is -0.741. The van der Waals surface area contributed by atoms with Crippen molar-refractivity contribution in [3.8, 4) is 11.1 Å². The SMILES string of the molecule is NC(=O)/C=C\c1ccc(-c2cccc(F)c2)cc1. The number of benzene rings is 2. The highest BCUT2D eigenvalue weighted by molar-refractivity contribution is 5.90. The highest BCUT2D eigenvalue weighted by atomic mass is 19.1. The predicted octanol–water partition coefficient (Wildman–Crippen LogP) is 2.99. The monoisotopic (exact) mass is 241 g/mol. The molecule has 0 atom stereocenters. The lowest BCUT2D eigenvalue weighted by Gasteiger charge is -2.02. The quantitative estimate of drug-likeness (QED) is 0.825. The molecular weight excluding hydrogens is 229 g/mol. The second-order valence-electron chi connectivity index (χ2n) is 3.87. The third-order valence-corrected chi connectivity index (χ3v) is 2.51. The molecule has 0 heterocycles. The van der Waals surface area contributed by atoms with Gasteiger partial charge in [-0.3, -0.25) is 4.79 Å². The lowest BCUT2D eigenvalue weighted by Crippen LogP contribution is -2.04. The van der Waals surface area contributed by atoms with Gasteiger partial charge in [-0.05, 0) is 34.9 Å². The summed E-state index contributed by atoms with van der Waals surface area (Å²) in [6.45, 7) is 0. The second-order valence-corrected chi connectivity index (χ2v) is 3.87. The molecule has 2 N–H and O–H groups in total. The van der Waals surface area contributed by atoms with Crippen LogP contribution < -0.4 is 5.73 Å². The summed E-state index contributed by atoms with van der Waals surface area (Å²) in [5.41, 5.74) is 7.62. The minimum atomic E-state index is -0.482. The van der Waals surface area contributed by atoms with Crippen LogP contribution in [0.25, 0.3) is 17.2 Å². The average molecular weight is 241 g/mol. The summed E-state index contributed by atoms with van der Waals surface area (Å²) < 4.78 is 13.1. The van der Waals surface area contributed by atoms with E-state index >= 15 is 0 Å². The summed E-state index contributed by atoms with van der Waals surface area (Å²) in [4.78, 5) is 10.6. The zero-order valence-corrected chi connectivity index (χ0v) is 9.64. The second kappa shape index (κ2) is 5.27. The van der Waals surface area contributed by atoms with Crippen molar-refractivity contribution in [2.45, 2.75) is 0 Å². The number of hydrogen-bond acceptors (Lipinski definition) is 1. The molecule has 2 aromatic rings. The number of primary amides is 1. The number of amides is 1. The van der Waals surface area contributed by atoms with Gasteiger partial charge < -0.3 is 5.73 Å². The van der Waals surface area contributed by atoms with Gasteiger partial charge in [0.15, 0.2) is 0 Å². The molecule has 0 radical (unpaired) electrons. The molecule has 90 valence electrons. The first-order valence-corrected chi connectivity index (χ1v) is 5.49. The molecule has 0 unspecified atom stereocenters. The van der Waals surface area contributed by atoms with E-state index in [1.165, 1.54) is 18.2 Å². The first kappa shape index (κ1) is 12.0. The lowest BCUT2D eigenvalue weighted by molar-refractivity contribution is -0.113. The summed E-state index contributed by atoms with van der Waals surface area (Å²) in [6, 6.07) is 13.8. The fourth-order valence-corrected chi connectivity index (χ4v) is 1.63. The van der Waals surface area contributed by atoms with Gasteiger partial charge in [-0.25, -0.2) is 4.39 Å². The van der Waals surface area contributed by atoms with Crippen LogP contribution in [0.4, 0.5) is 4.39 Å². The predicted molar refractivity (Wildman–Crippen MR) is 70.1 cm³/mol. The normalized spacial score (nSPS) is 10.7. The number of hydrogen-bond donors (Lipinski definition) is 1. The molecule has 2 aromatic carbocycles. The number of halogens is 1. The van der Waals surface area contributed by atoms with Gasteiger partial charge >= 0.3 is 0 Å². The summed E-state index contributed by atoms with van der Waals surface area (Å²) in [6.07, 6.45) is 2.94. The molecule has 1 amide bonds. The minimum absolute atomic E-state index is 0.259. The molecule has 2 rings (SSSR count). The third kappa shape index (κ3) is 3.04. The maximum Gasteiger partial charge on any atom is 0.241 e. The summed E-state index contributed by atoms with van der Waals surface area (Å²) in [7, 11) is 0. The van der Waals surface area contributed by atoms with E-state index < -0.39 is 5.91 Å². The maximum absolute atomic E-state index is 13.1. The van der Waals surface area contributed by atoms with Crippen LogP contribution in [-0.2, 0) is 4.79 Å². The fourth-order valence-electron chi connectivity index (χ4n) is 1.63. The van der Waals surface area contributed by atoms with Crippen molar-refractivity contribution in [1.82, 2.24) is 0 Å². The van der Waals surface area contributed by atoms with Crippen molar-refractivity contribution in [2.75, 3.05) is 0 Å². The van der Waals surface area contributed by atoms with Crippen LogP contribution in [0.3, 0.4) is 0 Å². The Hall–Kier alpha value is -2.42. The summed E-state index contributed by atoms with van der Waals surface area (Å²) in [5, 5.41) is 0. The fraction of sp³-hybridized carbons (Fsp3) is 0. The zero-order chi connectivity index (χ0) is 13.0. The molecule has 0 saturated carbocycles. The Morgan fingerprint density at radius 3 is 2.39 bits per heavy atom. The Labute approximate surface area is 105 Å². The molecule has 0 bridgehead atoms. The van der Waals surface area contributed by atoms with Crippen LogP contribution in [0.15, 0.2) is 54.6 Å². The Morgan fingerprint density at radius 1 is 1.06 bits per heavy atom. The standard InChI is InChI=1S/C15H12FNO/c16-14-3-1-2-13(10-14)12-7-4-11(5-8-12)6-9-15(17)18/h1-10H,(H2,17,18)/b9-6-. The Bertz CT molecular complexity index is 588. The Morgan fingerprint density at radius 2 is 1.78 bits per heavy atom. The minimum Gasteiger partial charge on any atom is -0.366 e. The van der Waals surface area contributed by atoms with Crippen LogP contribution in [-0.4, -0.2) is 5.91 Å². The van der Waals surface area contributed by atoms with E-state index in [0.29, 0.717) is 0 Å². The largest absolute Gasteiger partial charge is 0.366 e. The lowest BCUT2D eigenvalue weighted by atomic mass is 10.0. The Kier molecular flexibility index (Phi) is 3.53. The van der Waals surface area contributed by atoms with Gasteiger partial charge in [0, 0.05) is 6.08 Å². The van der Waals surface area contributed by atoms with Gasteiger partial charge in [0.25, 0.3) is 0 Å². The molecule has 0 fully saturated rings. The molecule has 0 aliphatic carbocycles.